The van der Waals surface area contributed by atoms with Crippen molar-refractivity contribution in [2.75, 3.05) is 45.8 Å². The summed E-state index contributed by atoms with van der Waals surface area (Å²) in [5.74, 6) is 1.53. The molecule has 2 aromatic heterocycles. The Morgan fingerprint density at radius 2 is 1.97 bits per heavy atom. The molecular formula is C28H31FN6O3. The molecule has 0 aliphatic carbocycles. The van der Waals surface area contributed by atoms with E-state index in [4.69, 9.17) is 14.2 Å². The van der Waals surface area contributed by atoms with Crippen molar-refractivity contribution in [2.45, 2.75) is 37.5 Å². The maximum absolute atomic E-state index is 14.8. The maximum atomic E-state index is 14.8. The summed E-state index contributed by atoms with van der Waals surface area (Å²) in [7, 11) is 3.47. The molecule has 0 spiro atoms. The number of alkyl halides is 1. The number of aromatic nitrogens is 3. The lowest BCUT2D eigenvalue weighted by Gasteiger charge is -2.32. The third-order valence-electron chi connectivity index (χ3n) is 6.98. The van der Waals surface area contributed by atoms with E-state index >= 15 is 0 Å². The van der Waals surface area contributed by atoms with Crippen LogP contribution in [0.4, 0.5) is 16.2 Å². The molecule has 38 heavy (non-hydrogen) atoms. The van der Waals surface area contributed by atoms with E-state index in [0.717, 1.165) is 30.5 Å². The van der Waals surface area contributed by atoms with Gasteiger partial charge in [-0.15, -0.1) is 0 Å². The van der Waals surface area contributed by atoms with Crippen LogP contribution in [0.2, 0.25) is 0 Å². The Labute approximate surface area is 221 Å². The lowest BCUT2D eigenvalue weighted by atomic mass is 9.88. The van der Waals surface area contributed by atoms with Crippen LogP contribution in [0.25, 0.3) is 11.3 Å². The molecule has 2 fully saturated rings. The number of hydrogen-bond acceptors (Lipinski definition) is 9. The molecule has 3 aromatic rings. The van der Waals surface area contributed by atoms with Gasteiger partial charge in [0.05, 0.1) is 31.6 Å². The minimum Gasteiger partial charge on any atom is -0.489 e. The number of methoxy groups -OCH3 is 1. The zero-order chi connectivity index (χ0) is 26.5. The Balaban J connectivity index is 1.33. The van der Waals surface area contributed by atoms with Crippen LogP contribution >= 0.6 is 0 Å². The highest BCUT2D eigenvalue weighted by Crippen LogP contribution is 2.36. The lowest BCUT2D eigenvalue weighted by Crippen LogP contribution is -2.38. The Morgan fingerprint density at radius 1 is 1.13 bits per heavy atom. The fourth-order valence-corrected chi connectivity index (χ4v) is 4.92. The summed E-state index contributed by atoms with van der Waals surface area (Å²) in [6, 6.07) is 13.1. The van der Waals surface area contributed by atoms with Gasteiger partial charge in [-0.1, -0.05) is 0 Å². The van der Waals surface area contributed by atoms with Gasteiger partial charge in [0.2, 0.25) is 11.8 Å². The number of nitrogens with one attached hydrogen (secondary N) is 1. The summed E-state index contributed by atoms with van der Waals surface area (Å²) in [6.45, 7) is 2.55. The van der Waals surface area contributed by atoms with Gasteiger partial charge in [0, 0.05) is 42.6 Å². The molecule has 2 unspecified atom stereocenters. The number of pyridine rings is 1. The van der Waals surface area contributed by atoms with Gasteiger partial charge in [-0.25, -0.2) is 14.4 Å². The molecule has 0 saturated carbocycles. The van der Waals surface area contributed by atoms with E-state index in [-0.39, 0.29) is 12.0 Å². The van der Waals surface area contributed by atoms with Gasteiger partial charge in [0.15, 0.2) is 0 Å². The summed E-state index contributed by atoms with van der Waals surface area (Å²) in [5.41, 5.74) is 2.62. The van der Waals surface area contributed by atoms with Crippen LogP contribution in [0.5, 0.6) is 11.6 Å². The topological polar surface area (TPSA) is 105 Å². The van der Waals surface area contributed by atoms with Crippen LogP contribution in [0.1, 0.15) is 36.3 Å². The molecular weight excluding hydrogens is 487 g/mol. The van der Waals surface area contributed by atoms with Crippen molar-refractivity contribution >= 4 is 11.8 Å². The molecule has 2 atom stereocenters. The quantitative estimate of drug-likeness (QED) is 0.485. The minimum atomic E-state index is -0.977. The Kier molecular flexibility index (Phi) is 7.96. The molecule has 2 aliphatic heterocycles. The normalized spacial score (nSPS) is 20.5. The highest BCUT2D eigenvalue weighted by atomic mass is 19.1. The first-order valence-electron chi connectivity index (χ1n) is 12.8. The standard InChI is InChI=1S/C28H31FN6O3/c1-35-12-8-21(23(29)17-35)22-4-6-26(33-27(22)36-2)34-28-31-11-7-24(32-28)18-3-5-25(19(15-18)16-30)38-20-9-13-37-14-10-20/h3-7,11,15,20-21,23H,8-10,12-14,17H2,1-2H3,(H,31,32,33,34). The number of hydrogen-bond donors (Lipinski definition) is 1. The fourth-order valence-electron chi connectivity index (χ4n) is 4.92. The minimum absolute atomic E-state index is 0.0441. The number of benzene rings is 1. The van der Waals surface area contributed by atoms with Crippen LogP contribution in [-0.2, 0) is 4.74 Å². The first-order chi connectivity index (χ1) is 18.5. The van der Waals surface area contributed by atoms with Crippen molar-refractivity contribution in [2.24, 2.45) is 0 Å². The zero-order valence-corrected chi connectivity index (χ0v) is 21.6. The molecule has 0 radical (unpaired) electrons. The molecule has 1 aromatic carbocycles. The Bertz CT molecular complexity index is 1310. The Morgan fingerprint density at radius 3 is 2.74 bits per heavy atom. The smallest absolute Gasteiger partial charge is 0.228 e. The molecule has 10 heteroatoms. The predicted octanol–water partition coefficient (Wildman–Crippen LogP) is 4.48. The molecule has 1 N–H and O–H groups in total. The van der Waals surface area contributed by atoms with Crippen molar-refractivity contribution < 1.29 is 18.6 Å². The SMILES string of the molecule is COc1nc(Nc2nccc(-c3ccc(OC4CCOCC4)c(C#N)c3)n2)ccc1C1CCN(C)CC1F. The maximum Gasteiger partial charge on any atom is 0.228 e. The van der Waals surface area contributed by atoms with Gasteiger partial charge >= 0.3 is 0 Å². The molecule has 0 bridgehead atoms. The number of ether oxygens (including phenoxy) is 3. The van der Waals surface area contributed by atoms with E-state index < -0.39 is 6.17 Å². The van der Waals surface area contributed by atoms with E-state index in [9.17, 15) is 9.65 Å². The van der Waals surface area contributed by atoms with Gasteiger partial charge in [-0.3, -0.25) is 0 Å². The van der Waals surface area contributed by atoms with E-state index in [1.165, 1.54) is 7.11 Å². The number of anilines is 2. The van der Waals surface area contributed by atoms with Gasteiger partial charge in [0.25, 0.3) is 0 Å². The first kappa shape index (κ1) is 25.8. The second kappa shape index (κ2) is 11.7. The second-order valence-electron chi connectivity index (χ2n) is 9.61. The zero-order valence-electron chi connectivity index (χ0n) is 21.6. The molecule has 2 saturated heterocycles. The summed E-state index contributed by atoms with van der Waals surface area (Å²) < 4.78 is 31.7. The number of piperidine rings is 1. The predicted molar refractivity (Wildman–Crippen MR) is 140 cm³/mol. The summed E-state index contributed by atoms with van der Waals surface area (Å²) in [6.07, 6.45) is 3.02. The number of nitriles is 1. The van der Waals surface area contributed by atoms with Crippen LogP contribution in [-0.4, -0.2) is 72.6 Å². The van der Waals surface area contributed by atoms with Crippen LogP contribution in [0, 0.1) is 11.3 Å². The Hall–Kier alpha value is -3.81. The molecule has 198 valence electrons. The van der Waals surface area contributed by atoms with Crippen molar-refractivity contribution in [3.05, 3.63) is 53.7 Å². The van der Waals surface area contributed by atoms with Crippen molar-refractivity contribution in [3.63, 3.8) is 0 Å². The highest BCUT2D eigenvalue weighted by molar-refractivity contribution is 5.65. The molecule has 5 rings (SSSR count). The van der Waals surface area contributed by atoms with E-state index in [1.54, 1.807) is 24.4 Å². The average Bonchev–Trinajstić information content (AvgIpc) is 2.94. The van der Waals surface area contributed by atoms with Crippen LogP contribution < -0.4 is 14.8 Å². The van der Waals surface area contributed by atoms with E-state index in [2.05, 4.69) is 26.3 Å². The average molecular weight is 519 g/mol. The summed E-state index contributed by atoms with van der Waals surface area (Å²) in [4.78, 5) is 15.5. The summed E-state index contributed by atoms with van der Waals surface area (Å²) >= 11 is 0. The van der Waals surface area contributed by atoms with E-state index in [0.29, 0.717) is 60.8 Å². The van der Waals surface area contributed by atoms with Gasteiger partial charge in [0.1, 0.15) is 29.9 Å². The second-order valence-corrected chi connectivity index (χ2v) is 9.61. The monoisotopic (exact) mass is 518 g/mol. The lowest BCUT2D eigenvalue weighted by molar-refractivity contribution is 0.0254. The van der Waals surface area contributed by atoms with Gasteiger partial charge in [-0.2, -0.15) is 10.2 Å². The van der Waals surface area contributed by atoms with Gasteiger partial charge in [-0.05, 0) is 56.4 Å². The largest absolute Gasteiger partial charge is 0.489 e. The van der Waals surface area contributed by atoms with Crippen molar-refractivity contribution in [1.29, 1.82) is 5.26 Å². The van der Waals surface area contributed by atoms with Crippen molar-refractivity contribution in [3.8, 4) is 29.0 Å². The fraction of sp³-hybridized carbons (Fsp3) is 0.429. The number of likely N-dealkylation sites (tertiary alicyclic amines) is 1. The van der Waals surface area contributed by atoms with E-state index in [1.807, 2.05) is 30.1 Å². The molecule has 0 amide bonds. The summed E-state index contributed by atoms with van der Waals surface area (Å²) in [5, 5.41) is 12.8. The van der Waals surface area contributed by atoms with Gasteiger partial charge < -0.3 is 24.4 Å². The third kappa shape index (κ3) is 5.85. The van der Waals surface area contributed by atoms with Crippen molar-refractivity contribution in [1.82, 2.24) is 19.9 Å². The van der Waals surface area contributed by atoms with Crippen LogP contribution in [0.3, 0.4) is 0 Å². The first-order valence-corrected chi connectivity index (χ1v) is 12.8. The molecule has 9 nitrogen and oxygen atoms in total. The number of nitrogens with zero attached hydrogens (tertiary/aromatic N) is 5. The third-order valence-corrected chi connectivity index (χ3v) is 6.98. The highest BCUT2D eigenvalue weighted by Gasteiger charge is 2.31. The molecule has 2 aliphatic rings. The number of rotatable bonds is 7. The molecule has 4 heterocycles. The van der Waals surface area contributed by atoms with Crippen LogP contribution in [0.15, 0.2) is 42.6 Å². The number of halogens is 1.